The van der Waals surface area contributed by atoms with E-state index in [1.54, 1.807) is 0 Å². The zero-order chi connectivity index (χ0) is 49.1. The molecule has 3 saturated heterocycles. The molecular weight excluding hydrogens is 896 g/mol. The van der Waals surface area contributed by atoms with Crippen LogP contribution < -0.4 is 0 Å². The highest BCUT2D eigenvalue weighted by Gasteiger charge is 2.69. The van der Waals surface area contributed by atoms with Crippen LogP contribution in [0.2, 0.25) is 0 Å². The number of esters is 1. The average molecular weight is 969 g/mol. The van der Waals surface area contributed by atoms with Gasteiger partial charge in [-0.25, -0.2) is 0 Å². The van der Waals surface area contributed by atoms with E-state index >= 15 is 0 Å². The number of aliphatic hydroxyl groups excluding tert-OH is 15. The van der Waals surface area contributed by atoms with Crippen LogP contribution in [0.25, 0.3) is 0 Å². The number of ether oxygens (including phenoxy) is 7. The Labute approximate surface area is 387 Å². The molecule has 4 aliphatic carbocycles. The molecule has 3 heterocycles. The summed E-state index contributed by atoms with van der Waals surface area (Å²) in [5, 5.41) is 156. The van der Waals surface area contributed by atoms with Crippen molar-refractivity contribution >= 4 is 5.97 Å². The van der Waals surface area contributed by atoms with Crippen molar-refractivity contribution in [2.75, 3.05) is 33.0 Å². The molecule has 1 spiro atoms. The van der Waals surface area contributed by atoms with Crippen molar-refractivity contribution in [2.45, 2.75) is 194 Å². The maximum absolute atomic E-state index is 14.0. The minimum atomic E-state index is -1.96. The largest absolute Gasteiger partial charge is 0.462 e. The molecule has 0 radical (unpaired) electrons. The van der Waals surface area contributed by atoms with E-state index in [4.69, 9.17) is 38.3 Å². The summed E-state index contributed by atoms with van der Waals surface area (Å²) in [5.41, 5.74) is -2.25. The molecule has 2 bridgehead atoms. The van der Waals surface area contributed by atoms with Gasteiger partial charge in [0.1, 0.15) is 104 Å². The van der Waals surface area contributed by atoms with Crippen molar-refractivity contribution in [2.24, 2.45) is 28.1 Å². The fraction of sp³-hybridized carbons (Fsp3) is 0.932. The van der Waals surface area contributed by atoms with Gasteiger partial charge in [-0.15, -0.1) is 0 Å². The van der Waals surface area contributed by atoms with Gasteiger partial charge in [-0.05, 0) is 86.5 Å². The Bertz CT molecular complexity index is 1710. The van der Waals surface area contributed by atoms with Crippen molar-refractivity contribution < 1.29 is 115 Å². The highest BCUT2D eigenvalue weighted by molar-refractivity contribution is 5.77. The first-order chi connectivity index (χ1) is 31.6. The highest BCUT2D eigenvalue weighted by atomic mass is 16.8. The number of carbonyl (C=O) groups is 1. The normalized spacial score (nSPS) is 49.6. The van der Waals surface area contributed by atoms with Gasteiger partial charge < -0.3 is 110 Å². The summed E-state index contributed by atoms with van der Waals surface area (Å²) in [6.07, 6.45) is -28.3. The molecule has 386 valence electrons. The van der Waals surface area contributed by atoms with Crippen molar-refractivity contribution in [3.63, 3.8) is 0 Å². The van der Waals surface area contributed by atoms with Gasteiger partial charge in [-0.2, -0.15) is 0 Å². The molecule has 0 aromatic rings. The summed E-state index contributed by atoms with van der Waals surface area (Å²) in [5.74, 6) is -0.714. The SMILES string of the molecule is C=C1C[C@@]23CC[C@H]4[C@@](C)(CCC[C@@]4(C)C(=O)OC[C@H](O)[C@@H](O)[C@H](O)[C@H](O)CO)[C@@H]2CC[C@]1(O[C@@H]1O[C@H](CO)[C@@H](O)[C@H](O[C@@H]2O[C@H](CO)[C@@H](O)[C@H](O)[C@H]2O)[C@H]1O[C@@H]1O[C@H](CO)[C@@H](O)[C@H](O)[C@H]1O)C3. The number of fused-ring (bicyclic) bond motifs is 3. The van der Waals surface area contributed by atoms with Gasteiger partial charge in [0.05, 0.1) is 37.4 Å². The van der Waals surface area contributed by atoms with Crippen LogP contribution >= 0.6 is 0 Å². The zero-order valence-corrected chi connectivity index (χ0v) is 37.7. The van der Waals surface area contributed by atoms with Crippen LogP contribution in [0.15, 0.2) is 12.2 Å². The van der Waals surface area contributed by atoms with E-state index in [2.05, 4.69) is 13.5 Å². The predicted molar refractivity (Wildman–Crippen MR) is 221 cm³/mol. The van der Waals surface area contributed by atoms with E-state index in [1.807, 2.05) is 6.92 Å². The fourth-order valence-corrected chi connectivity index (χ4v) is 13.1. The van der Waals surface area contributed by atoms with Gasteiger partial charge in [-0.1, -0.05) is 19.9 Å². The third-order valence-electron chi connectivity index (χ3n) is 16.7. The molecule has 4 saturated carbocycles. The lowest BCUT2D eigenvalue weighted by molar-refractivity contribution is -0.400. The summed E-state index contributed by atoms with van der Waals surface area (Å²) in [4.78, 5) is 14.0. The van der Waals surface area contributed by atoms with Crippen LogP contribution in [0, 0.1) is 28.1 Å². The molecule has 7 aliphatic rings. The Morgan fingerprint density at radius 3 is 1.75 bits per heavy atom. The van der Waals surface area contributed by atoms with Crippen molar-refractivity contribution in [3.8, 4) is 0 Å². The van der Waals surface area contributed by atoms with E-state index in [-0.39, 0.29) is 11.8 Å². The Morgan fingerprint density at radius 2 is 1.18 bits per heavy atom. The van der Waals surface area contributed by atoms with E-state index in [0.29, 0.717) is 56.9 Å². The predicted octanol–water partition coefficient (Wildman–Crippen LogP) is -5.48. The Kier molecular flexibility index (Phi) is 16.2. The lowest BCUT2D eigenvalue weighted by atomic mass is 9.41. The summed E-state index contributed by atoms with van der Waals surface area (Å²) in [6.45, 7) is 4.56. The first kappa shape index (κ1) is 53.2. The second kappa shape index (κ2) is 20.5. The number of aliphatic hydroxyl groups is 15. The van der Waals surface area contributed by atoms with Crippen LogP contribution in [0.3, 0.4) is 0 Å². The molecule has 0 amide bonds. The third-order valence-corrected chi connectivity index (χ3v) is 16.7. The van der Waals surface area contributed by atoms with E-state index in [1.165, 1.54) is 0 Å². The number of carbonyl (C=O) groups excluding carboxylic acids is 1. The molecule has 23 heteroatoms. The fourth-order valence-electron chi connectivity index (χ4n) is 13.1. The Morgan fingerprint density at radius 1 is 0.657 bits per heavy atom. The van der Waals surface area contributed by atoms with E-state index < -0.39 is 177 Å². The average Bonchev–Trinajstić information content (AvgIpc) is 3.51. The van der Waals surface area contributed by atoms with Gasteiger partial charge >= 0.3 is 5.97 Å². The second-order valence-electron chi connectivity index (χ2n) is 20.6. The van der Waals surface area contributed by atoms with Gasteiger partial charge in [0.15, 0.2) is 18.9 Å². The van der Waals surface area contributed by atoms with Crippen molar-refractivity contribution in [3.05, 3.63) is 12.2 Å². The van der Waals surface area contributed by atoms with E-state index in [9.17, 15) is 76.3 Å². The molecule has 25 atom stereocenters. The van der Waals surface area contributed by atoms with Gasteiger partial charge in [-0.3, -0.25) is 4.79 Å². The first-order valence-electron chi connectivity index (χ1n) is 23.3. The zero-order valence-electron chi connectivity index (χ0n) is 37.7. The summed E-state index contributed by atoms with van der Waals surface area (Å²) < 4.78 is 42.4. The van der Waals surface area contributed by atoms with Crippen molar-refractivity contribution in [1.82, 2.24) is 0 Å². The monoisotopic (exact) mass is 968 g/mol. The first-order valence-corrected chi connectivity index (χ1v) is 23.3. The molecule has 15 N–H and O–H groups in total. The smallest absolute Gasteiger partial charge is 0.312 e. The maximum atomic E-state index is 14.0. The minimum Gasteiger partial charge on any atom is -0.462 e. The number of rotatable bonds is 16. The topological polar surface area (TPSA) is 385 Å². The molecule has 67 heavy (non-hydrogen) atoms. The van der Waals surface area contributed by atoms with Crippen LogP contribution in [0.5, 0.6) is 0 Å². The molecule has 7 fully saturated rings. The summed E-state index contributed by atoms with van der Waals surface area (Å²) in [7, 11) is 0. The van der Waals surface area contributed by atoms with Crippen LogP contribution in [0.1, 0.15) is 71.6 Å². The van der Waals surface area contributed by atoms with E-state index in [0.717, 1.165) is 6.42 Å². The van der Waals surface area contributed by atoms with Gasteiger partial charge in [0.25, 0.3) is 0 Å². The van der Waals surface area contributed by atoms with Crippen LogP contribution in [-0.4, -0.2) is 238 Å². The van der Waals surface area contributed by atoms with Gasteiger partial charge in [0.2, 0.25) is 0 Å². The van der Waals surface area contributed by atoms with Gasteiger partial charge in [0, 0.05) is 0 Å². The Balaban J connectivity index is 1.14. The molecular formula is C44H72O23. The van der Waals surface area contributed by atoms with Crippen molar-refractivity contribution in [1.29, 1.82) is 0 Å². The minimum absolute atomic E-state index is 0.0346. The molecule has 3 aliphatic heterocycles. The van der Waals surface area contributed by atoms with Crippen LogP contribution in [0.4, 0.5) is 0 Å². The molecule has 7 rings (SSSR count). The Hall–Kier alpha value is -1.63. The van der Waals surface area contributed by atoms with Crippen LogP contribution in [-0.2, 0) is 38.0 Å². The molecule has 0 aromatic carbocycles. The summed E-state index contributed by atoms with van der Waals surface area (Å²) >= 11 is 0. The lowest BCUT2D eigenvalue weighted by Crippen LogP contribution is -2.68. The summed E-state index contributed by atoms with van der Waals surface area (Å²) in [6, 6.07) is 0. The lowest BCUT2D eigenvalue weighted by Gasteiger charge is -2.64. The third kappa shape index (κ3) is 9.38. The number of hydrogen-bond acceptors (Lipinski definition) is 23. The highest BCUT2D eigenvalue weighted by Crippen LogP contribution is 2.73. The standard InChI is InChI=1S/C44H72O23/c1-18-11-43-9-5-24-41(2,7-4-8-42(24,3)40(60)61-16-20(50)27(52)26(51)19(49)12-45)25(43)6-10-44(18,17-43)67-39-36(66-38-34(59)32(57)29(54)22(14-47)63-38)35(30(55)23(15-48)64-39)65-37-33(58)31(56)28(53)21(13-46)62-37/h19-39,45-59H,1,4-17H2,2-3H3/t19-,20+,21-,22-,23-,24+,25+,26-,27-,28-,29-,30-,31+,32+,33-,34-,35+,36-,37+,38+,39+,41-,42-,43-,44+/m1/s1. The molecule has 23 nitrogen and oxygen atoms in total. The maximum Gasteiger partial charge on any atom is 0.312 e. The quantitative estimate of drug-likeness (QED) is 0.0390. The number of hydrogen-bond donors (Lipinski definition) is 15. The second-order valence-corrected chi connectivity index (χ2v) is 20.6. The molecule has 0 unspecified atom stereocenters. The molecule has 0 aromatic heterocycles.